The van der Waals surface area contributed by atoms with Gasteiger partial charge >= 0.3 is 0 Å². The van der Waals surface area contributed by atoms with Gasteiger partial charge in [0.1, 0.15) is 0 Å². The first-order valence-electron chi connectivity index (χ1n) is 6.31. The van der Waals surface area contributed by atoms with Gasteiger partial charge < -0.3 is 0 Å². The Morgan fingerprint density at radius 1 is 1.19 bits per heavy atom. The van der Waals surface area contributed by atoms with E-state index in [0.29, 0.717) is 11.4 Å². The molecule has 1 heterocycles. The van der Waals surface area contributed by atoms with Gasteiger partial charge in [-0.15, -0.1) is 4.41 Å². The van der Waals surface area contributed by atoms with Gasteiger partial charge in [0, 0.05) is 19.1 Å². The molecule has 0 aliphatic carbocycles. The van der Waals surface area contributed by atoms with E-state index in [-0.39, 0.29) is 16.4 Å². The van der Waals surface area contributed by atoms with E-state index in [4.69, 9.17) is 11.6 Å². The SMILES string of the molecule is CN(C)N([C@@H]1CCS(=O)(=O)C1)S(=O)(=O)c1ccc(Cl)cc1. The van der Waals surface area contributed by atoms with Crippen LogP contribution in [0.4, 0.5) is 0 Å². The van der Waals surface area contributed by atoms with Crippen molar-refractivity contribution in [2.24, 2.45) is 0 Å². The highest BCUT2D eigenvalue weighted by atomic mass is 35.5. The minimum absolute atomic E-state index is 0.0120. The topological polar surface area (TPSA) is 74.8 Å². The molecule has 0 bridgehead atoms. The van der Waals surface area contributed by atoms with Gasteiger partial charge in [0.25, 0.3) is 10.0 Å². The molecule has 0 radical (unpaired) electrons. The highest BCUT2D eigenvalue weighted by Gasteiger charge is 2.40. The lowest BCUT2D eigenvalue weighted by Crippen LogP contribution is -2.49. The van der Waals surface area contributed by atoms with E-state index in [2.05, 4.69) is 0 Å². The van der Waals surface area contributed by atoms with Gasteiger partial charge in [-0.1, -0.05) is 11.6 Å². The quantitative estimate of drug-likeness (QED) is 0.755. The number of rotatable bonds is 4. The average molecular weight is 353 g/mol. The molecule has 1 saturated heterocycles. The second-order valence-electron chi connectivity index (χ2n) is 5.14. The van der Waals surface area contributed by atoms with Crippen molar-refractivity contribution in [3.05, 3.63) is 29.3 Å². The number of halogens is 1. The molecule has 9 heteroatoms. The zero-order valence-electron chi connectivity index (χ0n) is 11.7. The fourth-order valence-corrected chi connectivity index (χ4v) is 6.01. The van der Waals surface area contributed by atoms with Crippen LogP contribution in [0.2, 0.25) is 5.02 Å². The second-order valence-corrected chi connectivity index (χ2v) is 9.60. The largest absolute Gasteiger partial charge is 0.256 e. The Balaban J connectivity index is 2.40. The molecule has 1 fully saturated rings. The van der Waals surface area contributed by atoms with Gasteiger partial charge in [0.2, 0.25) is 0 Å². The van der Waals surface area contributed by atoms with E-state index in [0.717, 1.165) is 4.41 Å². The van der Waals surface area contributed by atoms with Gasteiger partial charge in [-0.3, -0.25) is 0 Å². The molecule has 2 rings (SSSR count). The number of hydrogen-bond donors (Lipinski definition) is 0. The minimum atomic E-state index is -3.81. The van der Waals surface area contributed by atoms with E-state index in [9.17, 15) is 16.8 Å². The van der Waals surface area contributed by atoms with Crippen LogP contribution in [0.5, 0.6) is 0 Å². The van der Waals surface area contributed by atoms with Crippen LogP contribution >= 0.6 is 11.6 Å². The Bertz CT molecular complexity index is 714. The Morgan fingerprint density at radius 2 is 1.76 bits per heavy atom. The summed E-state index contributed by atoms with van der Waals surface area (Å²) >= 11 is 5.77. The Hall–Kier alpha value is -0.670. The van der Waals surface area contributed by atoms with Gasteiger partial charge in [-0.05, 0) is 30.7 Å². The van der Waals surface area contributed by atoms with Crippen LogP contribution < -0.4 is 0 Å². The zero-order valence-corrected chi connectivity index (χ0v) is 14.1. The van der Waals surface area contributed by atoms with Crippen LogP contribution in [-0.4, -0.2) is 57.9 Å². The van der Waals surface area contributed by atoms with E-state index in [1.165, 1.54) is 29.3 Å². The summed E-state index contributed by atoms with van der Waals surface area (Å²) in [5.74, 6) is -0.143. The highest BCUT2D eigenvalue weighted by Crippen LogP contribution is 2.26. The average Bonchev–Trinajstić information content (AvgIpc) is 2.69. The fourth-order valence-electron chi connectivity index (χ4n) is 2.40. The number of nitrogens with zero attached hydrogens (tertiary/aromatic N) is 2. The number of hydrogen-bond acceptors (Lipinski definition) is 5. The van der Waals surface area contributed by atoms with Gasteiger partial charge in [-0.2, -0.15) is 0 Å². The fraction of sp³-hybridized carbons (Fsp3) is 0.500. The van der Waals surface area contributed by atoms with Gasteiger partial charge in [0.05, 0.1) is 22.4 Å². The molecule has 6 nitrogen and oxygen atoms in total. The number of hydrazine groups is 1. The van der Waals surface area contributed by atoms with Crippen LogP contribution in [-0.2, 0) is 19.9 Å². The summed E-state index contributed by atoms with van der Waals surface area (Å²) in [6.07, 6.45) is 0.299. The molecular weight excluding hydrogens is 336 g/mol. The zero-order chi connectivity index (χ0) is 15.8. The summed E-state index contributed by atoms with van der Waals surface area (Å²) in [7, 11) is -3.83. The first kappa shape index (κ1) is 16.7. The molecule has 0 N–H and O–H groups in total. The molecule has 1 aliphatic rings. The Kier molecular flexibility index (Phi) is 4.65. The minimum Gasteiger partial charge on any atom is -0.234 e. The third kappa shape index (κ3) is 3.57. The number of sulfonamides is 1. The second kappa shape index (κ2) is 5.85. The van der Waals surface area contributed by atoms with Crippen molar-refractivity contribution in [1.82, 2.24) is 9.42 Å². The van der Waals surface area contributed by atoms with Crippen molar-refractivity contribution in [3.63, 3.8) is 0 Å². The molecule has 118 valence electrons. The molecule has 0 saturated carbocycles. The van der Waals surface area contributed by atoms with Crippen LogP contribution in [0.1, 0.15) is 6.42 Å². The smallest absolute Gasteiger partial charge is 0.234 e. The molecule has 1 atom stereocenters. The third-order valence-electron chi connectivity index (χ3n) is 3.27. The molecule has 1 aromatic rings. The predicted octanol–water partition coefficient (Wildman–Crippen LogP) is 0.994. The van der Waals surface area contributed by atoms with Crippen molar-refractivity contribution in [3.8, 4) is 0 Å². The van der Waals surface area contributed by atoms with Crippen LogP contribution in [0, 0.1) is 0 Å². The molecular formula is C12H17ClN2O4S2. The first-order chi connectivity index (χ1) is 9.63. The van der Waals surface area contributed by atoms with Gasteiger partial charge in [-0.25, -0.2) is 21.8 Å². The number of benzene rings is 1. The standard InChI is InChI=1S/C12H17ClN2O4S2/c1-14(2)15(11-7-8-20(16,17)9-11)21(18,19)12-5-3-10(13)4-6-12/h3-6,11H,7-9H2,1-2H3/t11-/m1/s1. The molecule has 0 aromatic heterocycles. The molecule has 1 aliphatic heterocycles. The predicted molar refractivity (Wildman–Crippen MR) is 81.2 cm³/mol. The summed E-state index contributed by atoms with van der Waals surface area (Å²) < 4.78 is 49.8. The molecule has 0 unspecified atom stereocenters. The van der Waals surface area contributed by atoms with Crippen LogP contribution in [0.25, 0.3) is 0 Å². The van der Waals surface area contributed by atoms with E-state index < -0.39 is 25.9 Å². The Labute approximate surface area is 130 Å². The van der Waals surface area contributed by atoms with Gasteiger partial charge in [0.15, 0.2) is 9.84 Å². The maximum atomic E-state index is 12.7. The lowest BCUT2D eigenvalue weighted by molar-refractivity contribution is 0.0893. The first-order valence-corrected chi connectivity index (χ1v) is 9.95. The normalized spacial score (nSPS) is 22.0. The van der Waals surface area contributed by atoms with Crippen molar-refractivity contribution in [2.45, 2.75) is 17.4 Å². The number of sulfone groups is 1. The maximum absolute atomic E-state index is 12.7. The van der Waals surface area contributed by atoms with Crippen molar-refractivity contribution < 1.29 is 16.8 Å². The van der Waals surface area contributed by atoms with Crippen molar-refractivity contribution >= 4 is 31.5 Å². The summed E-state index contributed by atoms with van der Waals surface area (Å²) in [6.45, 7) is 0. The van der Waals surface area contributed by atoms with E-state index in [1.54, 1.807) is 14.1 Å². The summed E-state index contributed by atoms with van der Waals surface area (Å²) in [6, 6.07) is 5.24. The van der Waals surface area contributed by atoms with E-state index in [1.807, 2.05) is 0 Å². The summed E-state index contributed by atoms with van der Waals surface area (Å²) in [4.78, 5) is 0.0879. The monoisotopic (exact) mass is 352 g/mol. The third-order valence-corrected chi connectivity index (χ3v) is 7.26. The molecule has 0 amide bonds. The molecule has 0 spiro atoms. The van der Waals surface area contributed by atoms with E-state index >= 15 is 0 Å². The summed E-state index contributed by atoms with van der Waals surface area (Å²) in [5, 5.41) is 1.85. The Morgan fingerprint density at radius 3 is 2.19 bits per heavy atom. The van der Waals surface area contributed by atoms with Crippen molar-refractivity contribution in [2.75, 3.05) is 25.6 Å². The van der Waals surface area contributed by atoms with Crippen LogP contribution in [0.3, 0.4) is 0 Å². The lowest BCUT2D eigenvalue weighted by Gasteiger charge is -2.32. The highest BCUT2D eigenvalue weighted by molar-refractivity contribution is 7.92. The lowest BCUT2D eigenvalue weighted by atomic mass is 10.3. The van der Waals surface area contributed by atoms with Crippen molar-refractivity contribution in [1.29, 1.82) is 0 Å². The molecule has 21 heavy (non-hydrogen) atoms. The van der Waals surface area contributed by atoms with Crippen LogP contribution in [0.15, 0.2) is 29.2 Å². The summed E-state index contributed by atoms with van der Waals surface area (Å²) in [5.41, 5.74) is 0. The molecule has 1 aromatic carbocycles. The maximum Gasteiger partial charge on any atom is 0.256 e.